The lowest BCUT2D eigenvalue weighted by Gasteiger charge is -2.19. The lowest BCUT2D eigenvalue weighted by atomic mass is 10.2. The second kappa shape index (κ2) is 6.92. The number of methoxy groups -OCH3 is 2. The molecule has 0 aliphatic carbocycles. The summed E-state index contributed by atoms with van der Waals surface area (Å²) in [5.74, 6) is 1.44. The maximum absolute atomic E-state index is 5.37. The summed E-state index contributed by atoms with van der Waals surface area (Å²) in [5.41, 5.74) is 3.11. The Balaban J connectivity index is 1.75. The molecule has 0 saturated heterocycles. The zero-order valence-corrected chi connectivity index (χ0v) is 15.0. The van der Waals surface area contributed by atoms with Crippen molar-refractivity contribution in [3.63, 3.8) is 0 Å². The highest BCUT2D eigenvalue weighted by atomic mass is 32.1. The summed E-state index contributed by atoms with van der Waals surface area (Å²) in [6.07, 6.45) is 3.81. The average Bonchev–Trinajstić information content (AvgIpc) is 3.23. The highest BCUT2D eigenvalue weighted by molar-refractivity contribution is 7.13. The lowest BCUT2D eigenvalue weighted by molar-refractivity contribution is 0.355. The number of hydrogen-bond acceptors (Lipinski definition) is 6. The van der Waals surface area contributed by atoms with Gasteiger partial charge in [-0.05, 0) is 12.1 Å². The van der Waals surface area contributed by atoms with Gasteiger partial charge in [0.15, 0.2) is 11.5 Å². The van der Waals surface area contributed by atoms with Crippen molar-refractivity contribution < 1.29 is 9.47 Å². The molecule has 1 aromatic carbocycles. The molecule has 24 heavy (non-hydrogen) atoms. The van der Waals surface area contributed by atoms with Crippen molar-refractivity contribution in [1.82, 2.24) is 14.8 Å². The smallest absolute Gasteiger partial charge is 0.162 e. The van der Waals surface area contributed by atoms with Gasteiger partial charge in [0.1, 0.15) is 5.01 Å². The summed E-state index contributed by atoms with van der Waals surface area (Å²) < 4.78 is 12.4. The number of aryl methyl sites for hydroxylation is 1. The number of anilines is 1. The molecule has 0 N–H and O–H groups in total. The molecule has 3 aromatic rings. The monoisotopic (exact) mass is 344 g/mol. The van der Waals surface area contributed by atoms with Crippen molar-refractivity contribution in [2.45, 2.75) is 6.54 Å². The van der Waals surface area contributed by atoms with Gasteiger partial charge in [0.25, 0.3) is 0 Å². The molecule has 0 fully saturated rings. The zero-order valence-electron chi connectivity index (χ0n) is 14.2. The van der Waals surface area contributed by atoms with Gasteiger partial charge in [0, 0.05) is 43.0 Å². The third kappa shape index (κ3) is 3.35. The molecule has 126 valence electrons. The molecule has 2 aromatic heterocycles. The molecule has 0 aliphatic heterocycles. The fraction of sp³-hybridized carbons (Fsp3) is 0.294. The van der Waals surface area contributed by atoms with E-state index in [-0.39, 0.29) is 0 Å². The first kappa shape index (κ1) is 16.3. The molecule has 0 aliphatic rings. The Morgan fingerprint density at radius 3 is 2.67 bits per heavy atom. The highest BCUT2D eigenvalue weighted by Crippen LogP contribution is 2.32. The molecule has 0 atom stereocenters. The van der Waals surface area contributed by atoms with Crippen LogP contribution >= 0.6 is 11.3 Å². The van der Waals surface area contributed by atoms with Gasteiger partial charge >= 0.3 is 0 Å². The van der Waals surface area contributed by atoms with Gasteiger partial charge in [-0.15, -0.1) is 11.3 Å². The Hall–Kier alpha value is -2.54. The van der Waals surface area contributed by atoms with E-state index >= 15 is 0 Å². The van der Waals surface area contributed by atoms with E-state index in [2.05, 4.69) is 15.4 Å². The zero-order chi connectivity index (χ0) is 17.1. The predicted octanol–water partition coefficient (Wildman–Crippen LogP) is 3.20. The van der Waals surface area contributed by atoms with Crippen LogP contribution in [0, 0.1) is 0 Å². The Morgan fingerprint density at radius 1 is 1.21 bits per heavy atom. The Kier molecular flexibility index (Phi) is 4.71. The second-order valence-electron chi connectivity index (χ2n) is 5.44. The fourth-order valence-electron chi connectivity index (χ4n) is 2.44. The first-order valence-corrected chi connectivity index (χ1v) is 8.35. The third-order valence-corrected chi connectivity index (χ3v) is 4.65. The van der Waals surface area contributed by atoms with Crippen molar-refractivity contribution in [3.8, 4) is 22.1 Å². The molecule has 0 unspecified atom stereocenters. The maximum atomic E-state index is 5.37. The van der Waals surface area contributed by atoms with Crippen LogP contribution in [0.15, 0.2) is 36.0 Å². The summed E-state index contributed by atoms with van der Waals surface area (Å²) in [7, 11) is 7.21. The molecule has 0 saturated carbocycles. The minimum Gasteiger partial charge on any atom is -0.493 e. The molecule has 2 heterocycles. The van der Waals surface area contributed by atoms with E-state index in [1.165, 1.54) is 0 Å². The van der Waals surface area contributed by atoms with Gasteiger partial charge in [-0.1, -0.05) is 0 Å². The van der Waals surface area contributed by atoms with E-state index in [1.54, 1.807) is 30.2 Å². The molecule has 3 rings (SSSR count). The summed E-state index contributed by atoms with van der Waals surface area (Å²) in [6, 6.07) is 5.88. The van der Waals surface area contributed by atoms with Crippen LogP contribution in [-0.4, -0.2) is 36.0 Å². The third-order valence-electron chi connectivity index (χ3n) is 3.71. The first-order valence-electron chi connectivity index (χ1n) is 7.47. The minimum absolute atomic E-state index is 0.715. The first-order chi connectivity index (χ1) is 11.6. The highest BCUT2D eigenvalue weighted by Gasteiger charge is 2.11. The van der Waals surface area contributed by atoms with Crippen molar-refractivity contribution in [2.24, 2.45) is 7.05 Å². The fourth-order valence-corrected chi connectivity index (χ4v) is 3.23. The van der Waals surface area contributed by atoms with Crippen LogP contribution in [0.5, 0.6) is 11.5 Å². The minimum atomic E-state index is 0.715. The number of hydrogen-bond donors (Lipinski definition) is 0. The number of ether oxygens (including phenoxy) is 2. The predicted molar refractivity (Wildman–Crippen MR) is 96.0 cm³/mol. The normalized spacial score (nSPS) is 10.7. The van der Waals surface area contributed by atoms with E-state index in [9.17, 15) is 0 Å². The average molecular weight is 344 g/mol. The summed E-state index contributed by atoms with van der Waals surface area (Å²) >= 11 is 1.63. The SMILES string of the molecule is COc1ccc(N(C)Cc2csc(-c3cnn(C)c3)n2)cc1OC. The second-order valence-corrected chi connectivity index (χ2v) is 6.30. The molecule has 0 bridgehead atoms. The largest absolute Gasteiger partial charge is 0.493 e. The quantitative estimate of drug-likeness (QED) is 0.687. The lowest BCUT2D eigenvalue weighted by Crippen LogP contribution is -2.16. The van der Waals surface area contributed by atoms with E-state index in [1.807, 2.05) is 44.7 Å². The molecule has 0 radical (unpaired) electrons. The van der Waals surface area contributed by atoms with Crippen LogP contribution in [0.25, 0.3) is 10.6 Å². The van der Waals surface area contributed by atoms with Crippen molar-refractivity contribution in [1.29, 1.82) is 0 Å². The van der Waals surface area contributed by atoms with Crippen LogP contribution in [-0.2, 0) is 13.6 Å². The van der Waals surface area contributed by atoms with Crippen molar-refractivity contribution in [2.75, 3.05) is 26.2 Å². The number of aromatic nitrogens is 3. The molecule has 7 heteroatoms. The molecule has 6 nitrogen and oxygen atoms in total. The van der Waals surface area contributed by atoms with Gasteiger partial charge in [0.05, 0.1) is 32.7 Å². The molecular weight excluding hydrogens is 324 g/mol. The standard InChI is InChI=1S/C17H20N4O2S/c1-20(14-5-6-15(22-3)16(7-14)23-4)10-13-11-24-17(19-13)12-8-18-21(2)9-12/h5-9,11H,10H2,1-4H3. The van der Waals surface area contributed by atoms with Crippen LogP contribution in [0.2, 0.25) is 0 Å². The summed E-state index contributed by atoms with van der Waals surface area (Å²) in [6.45, 7) is 0.715. The Bertz CT molecular complexity index is 828. The van der Waals surface area contributed by atoms with E-state index in [0.717, 1.165) is 33.5 Å². The van der Waals surface area contributed by atoms with Crippen molar-refractivity contribution >= 4 is 17.0 Å². The van der Waals surface area contributed by atoms with Crippen LogP contribution < -0.4 is 14.4 Å². The van der Waals surface area contributed by atoms with Gasteiger partial charge in [0.2, 0.25) is 0 Å². The molecular formula is C17H20N4O2S. The van der Waals surface area contributed by atoms with Crippen LogP contribution in [0.3, 0.4) is 0 Å². The number of thiazole rings is 1. The van der Waals surface area contributed by atoms with E-state index in [0.29, 0.717) is 6.54 Å². The summed E-state index contributed by atoms with van der Waals surface area (Å²) in [4.78, 5) is 6.83. The Labute approximate surface area is 145 Å². The Morgan fingerprint density at radius 2 is 2.00 bits per heavy atom. The van der Waals surface area contributed by atoms with E-state index in [4.69, 9.17) is 14.5 Å². The van der Waals surface area contributed by atoms with Gasteiger partial charge in [-0.2, -0.15) is 5.10 Å². The van der Waals surface area contributed by atoms with Gasteiger partial charge < -0.3 is 14.4 Å². The maximum Gasteiger partial charge on any atom is 0.162 e. The number of benzene rings is 1. The van der Waals surface area contributed by atoms with Crippen LogP contribution in [0.4, 0.5) is 5.69 Å². The summed E-state index contributed by atoms with van der Waals surface area (Å²) in [5, 5.41) is 7.26. The van der Waals surface area contributed by atoms with Crippen molar-refractivity contribution in [3.05, 3.63) is 41.7 Å². The molecule has 0 amide bonds. The van der Waals surface area contributed by atoms with Gasteiger partial charge in [-0.3, -0.25) is 4.68 Å². The van der Waals surface area contributed by atoms with Crippen LogP contribution in [0.1, 0.15) is 5.69 Å². The number of rotatable bonds is 6. The van der Waals surface area contributed by atoms with E-state index < -0.39 is 0 Å². The number of nitrogens with zero attached hydrogens (tertiary/aromatic N) is 4. The topological polar surface area (TPSA) is 52.4 Å². The molecule has 0 spiro atoms. The van der Waals surface area contributed by atoms with Gasteiger partial charge in [-0.25, -0.2) is 4.98 Å².